The molecule has 0 aliphatic heterocycles. The van der Waals surface area contributed by atoms with Crippen molar-refractivity contribution >= 4 is 17.9 Å². The molecule has 0 saturated carbocycles. The maximum atomic E-state index is 12.8. The van der Waals surface area contributed by atoms with E-state index in [1.54, 1.807) is 0 Å². The molecule has 0 N–H and O–H groups in total. The van der Waals surface area contributed by atoms with Crippen molar-refractivity contribution in [3.05, 3.63) is 109 Å². The highest BCUT2D eigenvalue weighted by Crippen LogP contribution is 2.13. The molecule has 392 valence electrons. The summed E-state index contributed by atoms with van der Waals surface area (Å²) < 4.78 is 16.8. The van der Waals surface area contributed by atoms with E-state index in [-0.39, 0.29) is 37.5 Å². The highest BCUT2D eigenvalue weighted by Gasteiger charge is 2.19. The van der Waals surface area contributed by atoms with Crippen molar-refractivity contribution in [1.29, 1.82) is 0 Å². The van der Waals surface area contributed by atoms with Crippen LogP contribution in [0.15, 0.2) is 109 Å². The molecule has 0 aliphatic rings. The normalized spacial score (nSPS) is 12.9. The Balaban J connectivity index is 4.48. The van der Waals surface area contributed by atoms with Gasteiger partial charge in [0.15, 0.2) is 6.10 Å². The van der Waals surface area contributed by atoms with Gasteiger partial charge < -0.3 is 14.2 Å². The van der Waals surface area contributed by atoms with Gasteiger partial charge in [-0.1, -0.05) is 220 Å². The van der Waals surface area contributed by atoms with Crippen LogP contribution in [0.4, 0.5) is 0 Å². The van der Waals surface area contributed by atoms with Gasteiger partial charge in [-0.2, -0.15) is 0 Å². The lowest BCUT2D eigenvalue weighted by Crippen LogP contribution is -2.30. The SMILES string of the molecule is CC/C=C\C/C=C\C/C=C\C/C=C\C/C=C\C/C=C\C/C=C\CCCC(=O)OCC(COC(=O)CCCCCCC/C=C\CCCCC)OC(=O)CCCCCCC/C=C\CCCCCCCCC. The average molecular weight is 958 g/mol. The van der Waals surface area contributed by atoms with Gasteiger partial charge in [-0.15, -0.1) is 0 Å². The van der Waals surface area contributed by atoms with Crippen LogP contribution < -0.4 is 0 Å². The molecule has 0 aromatic heterocycles. The summed E-state index contributed by atoms with van der Waals surface area (Å²) in [7, 11) is 0. The number of unbranched alkanes of at least 4 members (excludes halogenated alkanes) is 21. The number of esters is 3. The van der Waals surface area contributed by atoms with E-state index in [0.29, 0.717) is 19.3 Å². The van der Waals surface area contributed by atoms with E-state index in [2.05, 4.69) is 130 Å². The summed E-state index contributed by atoms with van der Waals surface area (Å²) in [5.74, 6) is -0.985. The monoisotopic (exact) mass is 957 g/mol. The van der Waals surface area contributed by atoms with Crippen LogP contribution in [0.1, 0.15) is 252 Å². The first-order valence-corrected chi connectivity index (χ1v) is 28.4. The lowest BCUT2D eigenvalue weighted by Gasteiger charge is -2.18. The predicted octanol–water partition coefficient (Wildman–Crippen LogP) is 19.1. The lowest BCUT2D eigenvalue weighted by atomic mass is 10.1. The zero-order chi connectivity index (χ0) is 50.0. The molecule has 0 aliphatic carbocycles. The van der Waals surface area contributed by atoms with Gasteiger partial charge >= 0.3 is 17.9 Å². The molecule has 0 saturated heterocycles. The number of hydrogen-bond acceptors (Lipinski definition) is 6. The Morgan fingerprint density at radius 1 is 0.304 bits per heavy atom. The summed E-state index contributed by atoms with van der Waals surface area (Å²) in [6.45, 7) is 6.43. The van der Waals surface area contributed by atoms with Gasteiger partial charge in [-0.3, -0.25) is 14.4 Å². The third kappa shape index (κ3) is 54.9. The zero-order valence-electron chi connectivity index (χ0n) is 44.8. The van der Waals surface area contributed by atoms with Crippen LogP contribution in [0.3, 0.4) is 0 Å². The Hall–Kier alpha value is -3.93. The summed E-state index contributed by atoms with van der Waals surface area (Å²) in [5.41, 5.74) is 0. The number of hydrogen-bond donors (Lipinski definition) is 0. The van der Waals surface area contributed by atoms with Gasteiger partial charge in [0.05, 0.1) is 0 Å². The Bertz CT molecular complexity index is 1420. The topological polar surface area (TPSA) is 78.9 Å². The van der Waals surface area contributed by atoms with Crippen molar-refractivity contribution in [2.24, 2.45) is 0 Å². The van der Waals surface area contributed by atoms with Crippen LogP contribution in [-0.2, 0) is 28.6 Å². The van der Waals surface area contributed by atoms with Gasteiger partial charge in [-0.25, -0.2) is 0 Å². The molecule has 0 spiro atoms. The second-order valence-electron chi connectivity index (χ2n) is 18.5. The smallest absolute Gasteiger partial charge is 0.306 e. The molecule has 0 fully saturated rings. The standard InChI is InChI=1S/C63H104O6/c1-4-7-10-13-16-19-22-25-27-29-30-31-32-33-34-35-37-38-41-44-47-50-53-56-62(65)68-59-60(58-67-61(64)55-52-49-46-43-40-24-21-18-15-12-9-6-3)69-63(66)57-54-51-48-45-42-39-36-28-26-23-20-17-14-11-8-5-2/h7,10,16,18-19,21,25,27-28,30-31,33-34,36-38,44,47,60H,4-6,8-9,11-15,17,20,22-24,26,29,32,35,39-43,45-46,48-59H2,1-3H3/b10-7-,19-16-,21-18-,27-25-,31-30-,34-33-,36-28-,38-37-,47-44-. The van der Waals surface area contributed by atoms with Crippen LogP contribution in [0.5, 0.6) is 0 Å². The first-order valence-electron chi connectivity index (χ1n) is 28.4. The van der Waals surface area contributed by atoms with Gasteiger partial charge in [0, 0.05) is 19.3 Å². The number of rotatable bonds is 50. The molecule has 0 amide bonds. The van der Waals surface area contributed by atoms with Crippen LogP contribution in [0, 0.1) is 0 Å². The van der Waals surface area contributed by atoms with E-state index in [1.807, 2.05) is 0 Å². The largest absolute Gasteiger partial charge is 0.462 e. The van der Waals surface area contributed by atoms with E-state index in [4.69, 9.17) is 14.2 Å². The molecule has 6 heteroatoms. The number of allylic oxidation sites excluding steroid dienone is 18. The van der Waals surface area contributed by atoms with Crippen molar-refractivity contribution < 1.29 is 28.6 Å². The van der Waals surface area contributed by atoms with Gasteiger partial charge in [0.1, 0.15) is 13.2 Å². The summed E-state index contributed by atoms with van der Waals surface area (Å²) >= 11 is 0. The van der Waals surface area contributed by atoms with Gasteiger partial charge in [0.2, 0.25) is 0 Å². The molecular weight excluding hydrogens is 853 g/mol. The fraction of sp³-hybridized carbons (Fsp3) is 0.667. The minimum absolute atomic E-state index is 0.105. The van der Waals surface area contributed by atoms with E-state index in [1.165, 1.54) is 89.9 Å². The van der Waals surface area contributed by atoms with E-state index in [9.17, 15) is 14.4 Å². The molecule has 6 nitrogen and oxygen atoms in total. The van der Waals surface area contributed by atoms with Crippen molar-refractivity contribution in [1.82, 2.24) is 0 Å². The van der Waals surface area contributed by atoms with Gasteiger partial charge in [-0.05, 0) is 122 Å². The molecule has 69 heavy (non-hydrogen) atoms. The Kier molecular flexibility index (Phi) is 53.4. The number of carbonyl (C=O) groups excluding carboxylic acids is 3. The van der Waals surface area contributed by atoms with Crippen LogP contribution in [-0.4, -0.2) is 37.2 Å². The summed E-state index contributed by atoms with van der Waals surface area (Å²) in [6.07, 6.45) is 76.5. The zero-order valence-corrected chi connectivity index (χ0v) is 44.8. The van der Waals surface area contributed by atoms with Crippen LogP contribution in [0.25, 0.3) is 0 Å². The number of carbonyl (C=O) groups is 3. The highest BCUT2D eigenvalue weighted by atomic mass is 16.6. The third-order valence-electron chi connectivity index (χ3n) is 11.7. The Morgan fingerprint density at radius 2 is 0.580 bits per heavy atom. The van der Waals surface area contributed by atoms with Crippen molar-refractivity contribution in [2.45, 2.75) is 258 Å². The van der Waals surface area contributed by atoms with Crippen molar-refractivity contribution in [3.8, 4) is 0 Å². The Morgan fingerprint density at radius 3 is 0.986 bits per heavy atom. The van der Waals surface area contributed by atoms with E-state index >= 15 is 0 Å². The molecule has 0 aromatic carbocycles. The van der Waals surface area contributed by atoms with E-state index in [0.717, 1.165) is 116 Å². The maximum absolute atomic E-state index is 12.8. The minimum Gasteiger partial charge on any atom is -0.462 e. The minimum atomic E-state index is -0.811. The molecule has 0 heterocycles. The molecule has 1 atom stereocenters. The third-order valence-corrected chi connectivity index (χ3v) is 11.7. The van der Waals surface area contributed by atoms with E-state index < -0.39 is 6.10 Å². The highest BCUT2D eigenvalue weighted by molar-refractivity contribution is 5.71. The molecule has 0 aromatic rings. The van der Waals surface area contributed by atoms with Crippen molar-refractivity contribution in [3.63, 3.8) is 0 Å². The fourth-order valence-electron chi connectivity index (χ4n) is 7.48. The molecule has 0 rings (SSSR count). The molecule has 0 radical (unpaired) electrons. The molecule has 1 unspecified atom stereocenters. The summed E-state index contributed by atoms with van der Waals surface area (Å²) in [5, 5.41) is 0. The molecule has 0 bridgehead atoms. The Labute approximate surface area is 425 Å². The van der Waals surface area contributed by atoms with Gasteiger partial charge in [0.25, 0.3) is 0 Å². The van der Waals surface area contributed by atoms with Crippen LogP contribution in [0.2, 0.25) is 0 Å². The maximum Gasteiger partial charge on any atom is 0.306 e. The second-order valence-corrected chi connectivity index (χ2v) is 18.5. The first kappa shape index (κ1) is 65.1. The summed E-state index contributed by atoms with van der Waals surface area (Å²) in [4.78, 5) is 38.1. The quantitative estimate of drug-likeness (QED) is 0.0262. The predicted molar refractivity (Wildman–Crippen MR) is 297 cm³/mol. The summed E-state index contributed by atoms with van der Waals surface area (Å²) in [6, 6.07) is 0. The lowest BCUT2D eigenvalue weighted by molar-refractivity contribution is -0.167. The second kappa shape index (κ2) is 56.7. The molecular formula is C63H104O6. The number of ether oxygens (including phenoxy) is 3. The van der Waals surface area contributed by atoms with Crippen molar-refractivity contribution in [2.75, 3.05) is 13.2 Å². The average Bonchev–Trinajstić information content (AvgIpc) is 3.35. The van der Waals surface area contributed by atoms with Crippen LogP contribution >= 0.6 is 0 Å². The fourth-order valence-corrected chi connectivity index (χ4v) is 7.48. The first-order chi connectivity index (χ1) is 34.0.